The third-order valence-electron chi connectivity index (χ3n) is 4.68. The first kappa shape index (κ1) is 13.4. The summed E-state index contributed by atoms with van der Waals surface area (Å²) in [7, 11) is 0. The molecule has 1 saturated heterocycles. The first-order valence-electron chi connectivity index (χ1n) is 7.27. The molecule has 19 heavy (non-hydrogen) atoms. The summed E-state index contributed by atoms with van der Waals surface area (Å²) in [5, 5.41) is 3.40. The van der Waals surface area contributed by atoms with E-state index in [1.165, 1.54) is 44.3 Å². The fourth-order valence-electron chi connectivity index (χ4n) is 3.43. The molecule has 0 unspecified atom stereocenters. The lowest BCUT2D eigenvalue weighted by Crippen LogP contribution is -2.60. The van der Waals surface area contributed by atoms with Gasteiger partial charge in [0.05, 0.1) is 6.61 Å². The van der Waals surface area contributed by atoms with E-state index < -0.39 is 0 Å². The molecule has 0 aromatic heterocycles. The smallest absolute Gasteiger partial charge is 0.123 e. The Bertz CT molecular complexity index is 448. The average Bonchev–Trinajstić information content (AvgIpc) is 2.29. The highest BCUT2D eigenvalue weighted by molar-refractivity contribution is 9.10. The van der Waals surface area contributed by atoms with Crippen LogP contribution in [-0.4, -0.2) is 19.7 Å². The van der Waals surface area contributed by atoms with Crippen molar-refractivity contribution in [2.24, 2.45) is 11.3 Å². The van der Waals surface area contributed by atoms with E-state index in [1.807, 2.05) is 6.07 Å². The largest absolute Gasteiger partial charge is 0.493 e. The van der Waals surface area contributed by atoms with Gasteiger partial charge in [0, 0.05) is 23.1 Å². The number of ether oxygens (including phenoxy) is 1. The van der Waals surface area contributed by atoms with Crippen molar-refractivity contribution in [3.8, 4) is 5.75 Å². The van der Waals surface area contributed by atoms with Crippen LogP contribution < -0.4 is 10.1 Å². The molecule has 2 aliphatic rings. The van der Waals surface area contributed by atoms with Gasteiger partial charge in [0.2, 0.25) is 0 Å². The second-order valence-corrected chi connectivity index (χ2v) is 7.09. The molecule has 3 heteroatoms. The first-order valence-corrected chi connectivity index (χ1v) is 8.06. The molecule has 0 atom stereocenters. The number of halogens is 1. The molecule has 1 aromatic rings. The van der Waals surface area contributed by atoms with Crippen molar-refractivity contribution in [3.05, 3.63) is 28.2 Å². The highest BCUT2D eigenvalue weighted by atomic mass is 79.9. The minimum Gasteiger partial charge on any atom is -0.493 e. The van der Waals surface area contributed by atoms with Gasteiger partial charge < -0.3 is 10.1 Å². The summed E-state index contributed by atoms with van der Waals surface area (Å²) >= 11 is 3.54. The van der Waals surface area contributed by atoms with E-state index in [1.54, 1.807) is 0 Å². The van der Waals surface area contributed by atoms with Crippen LogP contribution in [0.15, 0.2) is 22.7 Å². The van der Waals surface area contributed by atoms with E-state index in [9.17, 15) is 0 Å². The number of benzene rings is 1. The van der Waals surface area contributed by atoms with E-state index in [4.69, 9.17) is 4.74 Å². The lowest BCUT2D eigenvalue weighted by atomic mass is 9.57. The Kier molecular flexibility index (Phi) is 3.86. The van der Waals surface area contributed by atoms with Gasteiger partial charge in [0.25, 0.3) is 0 Å². The van der Waals surface area contributed by atoms with Crippen LogP contribution in [-0.2, 0) is 0 Å². The Balaban J connectivity index is 1.36. The van der Waals surface area contributed by atoms with Gasteiger partial charge in [-0.2, -0.15) is 0 Å². The Hall–Kier alpha value is -0.540. The molecule has 1 aliphatic heterocycles. The fourth-order valence-corrected chi connectivity index (χ4v) is 3.78. The zero-order valence-corrected chi connectivity index (χ0v) is 13.1. The van der Waals surface area contributed by atoms with Crippen molar-refractivity contribution < 1.29 is 4.74 Å². The standard InChI is InChI=1S/C16H22BrNO/c1-12-14(17)5-2-6-15(12)19-7-3-4-13-8-16(9-13)10-18-11-16/h2,5-6,13,18H,3-4,7-11H2,1H3. The van der Waals surface area contributed by atoms with Gasteiger partial charge in [-0.15, -0.1) is 0 Å². The zero-order valence-electron chi connectivity index (χ0n) is 11.5. The van der Waals surface area contributed by atoms with Crippen LogP contribution in [0.2, 0.25) is 0 Å². The Morgan fingerprint density at radius 1 is 1.37 bits per heavy atom. The molecule has 1 N–H and O–H groups in total. The van der Waals surface area contributed by atoms with Gasteiger partial charge >= 0.3 is 0 Å². The van der Waals surface area contributed by atoms with E-state index in [0.29, 0.717) is 5.41 Å². The molecule has 2 nitrogen and oxygen atoms in total. The van der Waals surface area contributed by atoms with Crippen molar-refractivity contribution in [3.63, 3.8) is 0 Å². The van der Waals surface area contributed by atoms with Crippen molar-refractivity contribution in [1.82, 2.24) is 5.32 Å². The van der Waals surface area contributed by atoms with Gasteiger partial charge in [0.1, 0.15) is 5.75 Å². The van der Waals surface area contributed by atoms with Crippen molar-refractivity contribution in [2.45, 2.75) is 32.6 Å². The maximum absolute atomic E-state index is 5.89. The predicted molar refractivity (Wildman–Crippen MR) is 81.6 cm³/mol. The van der Waals surface area contributed by atoms with Gasteiger partial charge in [-0.05, 0) is 56.1 Å². The normalized spacial score (nSPS) is 20.9. The molecule has 104 valence electrons. The van der Waals surface area contributed by atoms with Crippen LogP contribution in [0, 0.1) is 18.3 Å². The Morgan fingerprint density at radius 2 is 2.16 bits per heavy atom. The maximum atomic E-state index is 5.89. The van der Waals surface area contributed by atoms with Crippen LogP contribution in [0.1, 0.15) is 31.2 Å². The van der Waals surface area contributed by atoms with Crippen LogP contribution >= 0.6 is 15.9 Å². The van der Waals surface area contributed by atoms with Crippen molar-refractivity contribution in [1.29, 1.82) is 0 Å². The highest BCUT2D eigenvalue weighted by Gasteiger charge is 2.47. The summed E-state index contributed by atoms with van der Waals surface area (Å²) in [6.45, 7) is 5.46. The number of hydrogen-bond donors (Lipinski definition) is 1. The molecule has 1 heterocycles. The van der Waals surface area contributed by atoms with E-state index in [0.717, 1.165) is 22.7 Å². The quantitative estimate of drug-likeness (QED) is 0.829. The Morgan fingerprint density at radius 3 is 2.84 bits per heavy atom. The Labute approximate surface area is 124 Å². The minimum absolute atomic E-state index is 0.715. The number of hydrogen-bond acceptors (Lipinski definition) is 2. The average molecular weight is 324 g/mol. The first-order chi connectivity index (χ1) is 9.19. The van der Waals surface area contributed by atoms with E-state index >= 15 is 0 Å². The van der Waals surface area contributed by atoms with Crippen LogP contribution in [0.5, 0.6) is 5.75 Å². The molecule has 1 saturated carbocycles. The molecular formula is C16H22BrNO. The van der Waals surface area contributed by atoms with Crippen LogP contribution in [0.4, 0.5) is 0 Å². The predicted octanol–water partition coefficient (Wildman–Crippen LogP) is 3.92. The fraction of sp³-hybridized carbons (Fsp3) is 0.625. The maximum Gasteiger partial charge on any atom is 0.123 e. The van der Waals surface area contributed by atoms with Crippen LogP contribution in [0.3, 0.4) is 0 Å². The molecule has 0 bridgehead atoms. The summed E-state index contributed by atoms with van der Waals surface area (Å²) in [5.74, 6) is 1.97. The second kappa shape index (κ2) is 5.45. The SMILES string of the molecule is Cc1c(Br)cccc1OCCCC1CC2(CNC2)C1. The minimum atomic E-state index is 0.715. The van der Waals surface area contributed by atoms with Gasteiger partial charge in [-0.1, -0.05) is 22.0 Å². The lowest BCUT2D eigenvalue weighted by Gasteiger charge is -2.54. The summed E-state index contributed by atoms with van der Waals surface area (Å²) < 4.78 is 7.01. The molecule has 1 aromatic carbocycles. The number of nitrogens with one attached hydrogen (secondary N) is 1. The summed E-state index contributed by atoms with van der Waals surface area (Å²) in [6, 6.07) is 6.15. The van der Waals surface area contributed by atoms with Crippen molar-refractivity contribution in [2.75, 3.05) is 19.7 Å². The van der Waals surface area contributed by atoms with Gasteiger partial charge in [-0.3, -0.25) is 0 Å². The summed E-state index contributed by atoms with van der Waals surface area (Å²) in [6.07, 6.45) is 5.39. The molecule has 3 rings (SSSR count). The van der Waals surface area contributed by atoms with E-state index in [-0.39, 0.29) is 0 Å². The number of rotatable bonds is 5. The molecule has 2 fully saturated rings. The van der Waals surface area contributed by atoms with Gasteiger partial charge in [-0.25, -0.2) is 0 Å². The van der Waals surface area contributed by atoms with E-state index in [2.05, 4.69) is 40.3 Å². The summed E-state index contributed by atoms with van der Waals surface area (Å²) in [5.41, 5.74) is 1.91. The van der Waals surface area contributed by atoms with Crippen LogP contribution in [0.25, 0.3) is 0 Å². The topological polar surface area (TPSA) is 21.3 Å². The second-order valence-electron chi connectivity index (χ2n) is 6.23. The van der Waals surface area contributed by atoms with Gasteiger partial charge in [0.15, 0.2) is 0 Å². The monoisotopic (exact) mass is 323 g/mol. The third-order valence-corrected chi connectivity index (χ3v) is 5.53. The molecule has 0 radical (unpaired) electrons. The molecule has 0 amide bonds. The molecular weight excluding hydrogens is 302 g/mol. The third kappa shape index (κ3) is 2.82. The lowest BCUT2D eigenvalue weighted by molar-refractivity contribution is -0.00533. The summed E-state index contributed by atoms with van der Waals surface area (Å²) in [4.78, 5) is 0. The molecule has 1 spiro atoms. The molecule has 1 aliphatic carbocycles. The van der Waals surface area contributed by atoms with Crippen molar-refractivity contribution >= 4 is 15.9 Å². The zero-order chi connectivity index (χ0) is 13.3. The highest BCUT2D eigenvalue weighted by Crippen LogP contribution is 2.49.